The van der Waals surface area contributed by atoms with Crippen LogP contribution < -0.4 is 10.6 Å². The molecule has 0 unspecified atom stereocenters. The molecule has 170 valence electrons. The number of carbonyl (C=O) groups excluding carboxylic acids is 2. The maximum atomic E-state index is 12.5. The van der Waals surface area contributed by atoms with Crippen molar-refractivity contribution in [2.75, 3.05) is 6.61 Å². The van der Waals surface area contributed by atoms with Crippen molar-refractivity contribution in [3.05, 3.63) is 0 Å². The zero-order valence-electron chi connectivity index (χ0n) is 16.9. The maximum Gasteiger partial charge on any atom is 0.518 e. The normalized spacial score (nSPS) is 13.0. The van der Waals surface area contributed by atoms with E-state index in [1.165, 1.54) is 20.8 Å². The fraction of sp³-hybridized carbons (Fsp3) is 0.812. The fourth-order valence-corrected chi connectivity index (χ4v) is 2.26. The Hall–Kier alpha value is -2.05. The van der Waals surface area contributed by atoms with Crippen LogP contribution in [0.5, 0.6) is 0 Å². The molecule has 13 heteroatoms. The van der Waals surface area contributed by atoms with Crippen LogP contribution >= 0.6 is 0 Å². The number of rotatable bonds is 8. The summed E-state index contributed by atoms with van der Waals surface area (Å²) in [5.74, 6) is -1.29. The molecule has 2 N–H and O–H groups in total. The summed E-state index contributed by atoms with van der Waals surface area (Å²) >= 11 is 0. The molecule has 0 aromatic carbocycles. The smallest absolute Gasteiger partial charge is 0.449 e. The molecule has 0 bridgehead atoms. The number of nitrogens with one attached hydrogen (secondary N) is 2. The summed E-state index contributed by atoms with van der Waals surface area (Å²) in [6.07, 6.45) is 2.86. The van der Waals surface area contributed by atoms with Crippen molar-refractivity contribution < 1.29 is 40.7 Å². The lowest BCUT2D eigenvalue weighted by Gasteiger charge is -2.20. The van der Waals surface area contributed by atoms with Crippen molar-refractivity contribution in [3.63, 3.8) is 0 Å². The first-order chi connectivity index (χ1) is 13.2. The second-order valence-electron chi connectivity index (χ2n) is 7.02. The van der Waals surface area contributed by atoms with Crippen LogP contribution in [-0.2, 0) is 19.5 Å². The topological polar surface area (TPSA) is 123 Å². The molecule has 0 spiro atoms. The van der Waals surface area contributed by atoms with Gasteiger partial charge in [-0.05, 0) is 27.2 Å². The molecule has 0 aliphatic heterocycles. The minimum absolute atomic E-state index is 0.0380. The van der Waals surface area contributed by atoms with Crippen LogP contribution in [0.1, 0.15) is 66.2 Å². The quantitative estimate of drug-likeness (QED) is 0.331. The van der Waals surface area contributed by atoms with Crippen molar-refractivity contribution >= 4 is 28.2 Å². The number of sulfonamides is 1. The minimum Gasteiger partial charge on any atom is -0.449 e. The molecular weight excluding hydrogens is 419 g/mol. The zero-order valence-corrected chi connectivity index (χ0v) is 17.7. The van der Waals surface area contributed by atoms with Gasteiger partial charge < -0.3 is 9.47 Å². The van der Waals surface area contributed by atoms with Crippen LogP contribution in [0.2, 0.25) is 0 Å². The second kappa shape index (κ2) is 11.8. The largest absolute Gasteiger partial charge is 0.518 e. The fourth-order valence-electron chi connectivity index (χ4n) is 1.83. The first-order valence-corrected chi connectivity index (χ1v) is 10.5. The van der Waals surface area contributed by atoms with E-state index in [9.17, 15) is 31.2 Å². The van der Waals surface area contributed by atoms with E-state index in [0.29, 0.717) is 6.42 Å². The molecule has 0 radical (unpaired) electrons. The van der Waals surface area contributed by atoms with Gasteiger partial charge in [0.15, 0.2) is 0 Å². The highest BCUT2D eigenvalue weighted by Crippen LogP contribution is 2.24. The predicted molar refractivity (Wildman–Crippen MR) is 99.6 cm³/mol. The van der Waals surface area contributed by atoms with E-state index in [-0.39, 0.29) is 6.61 Å². The maximum absolute atomic E-state index is 12.5. The van der Waals surface area contributed by atoms with Gasteiger partial charge in [0, 0.05) is 0 Å². The third-order valence-electron chi connectivity index (χ3n) is 3.07. The molecule has 29 heavy (non-hydrogen) atoms. The number of ether oxygens (including phenoxy) is 2. The zero-order chi connectivity index (χ0) is 22.7. The average Bonchev–Trinajstić information content (AvgIpc) is 2.50. The molecule has 0 atom stereocenters. The number of hydrogen-bond donors (Lipinski definition) is 2. The summed E-state index contributed by atoms with van der Waals surface area (Å²) in [5, 5.41) is 3.33. The Morgan fingerprint density at radius 3 is 1.97 bits per heavy atom. The summed E-state index contributed by atoms with van der Waals surface area (Å²) in [4.78, 5) is 23.4. The summed E-state index contributed by atoms with van der Waals surface area (Å²) in [6, 6.07) is 0. The van der Waals surface area contributed by atoms with Gasteiger partial charge in [0.2, 0.25) is 5.96 Å². The Kier molecular flexibility index (Phi) is 11.0. The van der Waals surface area contributed by atoms with Gasteiger partial charge in [-0.25, -0.2) is 9.59 Å². The molecule has 0 aliphatic rings. The summed E-state index contributed by atoms with van der Waals surface area (Å²) < 4.78 is 72.0. The Labute approximate surface area is 168 Å². The van der Waals surface area contributed by atoms with Gasteiger partial charge in [0.05, 0.1) is 6.61 Å². The van der Waals surface area contributed by atoms with E-state index in [2.05, 4.69) is 11.3 Å². The molecule has 0 heterocycles. The Balaban J connectivity index is 4.95. The minimum atomic E-state index is -6.02. The van der Waals surface area contributed by atoms with Crippen LogP contribution in [0.4, 0.5) is 22.8 Å². The van der Waals surface area contributed by atoms with E-state index in [1.54, 1.807) is 10.6 Å². The van der Waals surface area contributed by atoms with Crippen LogP contribution in [-0.4, -0.2) is 44.3 Å². The van der Waals surface area contributed by atoms with Gasteiger partial charge >= 0.3 is 27.7 Å². The molecule has 0 aromatic heterocycles. The van der Waals surface area contributed by atoms with Crippen molar-refractivity contribution in [2.24, 2.45) is 4.40 Å². The lowest BCUT2D eigenvalue weighted by atomic mass is 10.1. The molecule has 0 fully saturated rings. The summed E-state index contributed by atoms with van der Waals surface area (Å²) in [6.45, 7) is 6.44. The monoisotopic (exact) mass is 447 g/mol. The molecule has 9 nitrogen and oxygen atoms in total. The standard InChI is InChI=1S/C16H28F3N3O6S/c1-5-6-7-8-9-10-11-27-13(23)20-12(21-14(24)28-15(2,3)4)22-29(25,26)16(17,18)19/h5-11H2,1-4H3,(H2,20,21,22,23,24). The third kappa shape index (κ3) is 12.9. The molecule has 0 aliphatic carbocycles. The van der Waals surface area contributed by atoms with Crippen LogP contribution in [0.15, 0.2) is 4.40 Å². The molecular formula is C16H28F3N3O6S. The summed E-state index contributed by atoms with van der Waals surface area (Å²) in [7, 11) is -6.02. The van der Waals surface area contributed by atoms with Gasteiger partial charge in [-0.15, -0.1) is 4.40 Å². The number of halogens is 3. The number of alkyl carbamates (subject to hydrolysis) is 2. The van der Waals surface area contributed by atoms with Crippen LogP contribution in [0.3, 0.4) is 0 Å². The number of guanidine groups is 1. The number of amides is 2. The first-order valence-electron chi connectivity index (χ1n) is 9.03. The van der Waals surface area contributed by atoms with Gasteiger partial charge in [-0.2, -0.15) is 21.6 Å². The number of carbonyl (C=O) groups is 2. The van der Waals surface area contributed by atoms with E-state index in [4.69, 9.17) is 9.47 Å². The first kappa shape index (κ1) is 27.0. The van der Waals surface area contributed by atoms with E-state index in [1.807, 2.05) is 0 Å². The van der Waals surface area contributed by atoms with Gasteiger partial charge in [0.25, 0.3) is 0 Å². The Morgan fingerprint density at radius 1 is 0.931 bits per heavy atom. The highest BCUT2D eigenvalue weighted by atomic mass is 32.2. The van der Waals surface area contributed by atoms with Crippen LogP contribution in [0, 0.1) is 0 Å². The van der Waals surface area contributed by atoms with Crippen molar-refractivity contribution in [2.45, 2.75) is 77.3 Å². The molecule has 0 aromatic rings. The Bertz CT molecular complexity index is 672. The molecule has 0 saturated carbocycles. The van der Waals surface area contributed by atoms with E-state index in [0.717, 1.165) is 32.1 Å². The number of unbranched alkanes of at least 4 members (excludes halogenated alkanes) is 5. The SMILES string of the molecule is CCCCCCCCOC(=O)N/C(=N/S(=O)(=O)C(F)(F)F)NC(=O)OC(C)(C)C. The number of nitrogens with zero attached hydrogens (tertiary/aromatic N) is 1. The second-order valence-corrected chi connectivity index (χ2v) is 8.61. The average molecular weight is 447 g/mol. The molecule has 0 rings (SSSR count). The Morgan fingerprint density at radius 2 is 1.45 bits per heavy atom. The van der Waals surface area contributed by atoms with Crippen molar-refractivity contribution in [1.29, 1.82) is 0 Å². The number of alkyl halides is 3. The summed E-state index contributed by atoms with van der Waals surface area (Å²) in [5.41, 5.74) is -6.76. The van der Waals surface area contributed by atoms with E-state index < -0.39 is 39.3 Å². The van der Waals surface area contributed by atoms with Crippen molar-refractivity contribution in [3.8, 4) is 0 Å². The highest BCUT2D eigenvalue weighted by Gasteiger charge is 2.46. The highest BCUT2D eigenvalue weighted by molar-refractivity contribution is 7.91. The lowest BCUT2D eigenvalue weighted by molar-refractivity contribution is -0.0435. The molecule has 2 amide bonds. The van der Waals surface area contributed by atoms with Gasteiger partial charge in [0.1, 0.15) is 5.60 Å². The lowest BCUT2D eigenvalue weighted by Crippen LogP contribution is -2.47. The van der Waals surface area contributed by atoms with Crippen LogP contribution in [0.25, 0.3) is 0 Å². The molecule has 0 saturated heterocycles. The van der Waals surface area contributed by atoms with Gasteiger partial charge in [-0.1, -0.05) is 39.0 Å². The van der Waals surface area contributed by atoms with E-state index >= 15 is 0 Å². The van der Waals surface area contributed by atoms with Gasteiger partial charge in [-0.3, -0.25) is 10.6 Å². The third-order valence-corrected chi connectivity index (χ3v) is 4.08. The predicted octanol–water partition coefficient (Wildman–Crippen LogP) is 3.80. The number of hydrogen-bond acceptors (Lipinski definition) is 6. The van der Waals surface area contributed by atoms with Crippen molar-refractivity contribution in [1.82, 2.24) is 10.6 Å².